The largest absolute Gasteiger partial charge is 0.322 e. The van der Waals surface area contributed by atoms with Crippen LogP contribution in [0.5, 0.6) is 0 Å². The van der Waals surface area contributed by atoms with E-state index in [1.807, 2.05) is 18.2 Å². The second-order valence-corrected chi connectivity index (χ2v) is 5.88. The molecule has 0 unspecified atom stereocenters. The van der Waals surface area contributed by atoms with Gasteiger partial charge in [0.05, 0.1) is 0 Å². The lowest BCUT2D eigenvalue weighted by Gasteiger charge is -2.29. The first-order chi connectivity index (χ1) is 12.2. The predicted octanol–water partition coefficient (Wildman–Crippen LogP) is 3.00. The summed E-state index contributed by atoms with van der Waals surface area (Å²) in [5.74, 6) is -0.479. The Morgan fingerprint density at radius 3 is 2.76 bits per heavy atom. The van der Waals surface area contributed by atoms with Gasteiger partial charge in [0.2, 0.25) is 0 Å². The molecule has 1 aliphatic rings. The highest BCUT2D eigenvalue weighted by Gasteiger charge is 2.20. The molecule has 2 heterocycles. The van der Waals surface area contributed by atoms with Crippen molar-refractivity contribution in [3.8, 4) is 5.69 Å². The molecule has 0 fully saturated rings. The van der Waals surface area contributed by atoms with Crippen molar-refractivity contribution in [2.24, 2.45) is 0 Å². The number of halogens is 1. The number of urea groups is 1. The van der Waals surface area contributed by atoms with Gasteiger partial charge in [-0.3, -0.25) is 0 Å². The molecule has 25 heavy (non-hydrogen) atoms. The lowest BCUT2D eigenvalue weighted by Crippen LogP contribution is -2.38. The Labute approximate surface area is 143 Å². The van der Waals surface area contributed by atoms with Gasteiger partial charge in [0.15, 0.2) is 5.82 Å². The monoisotopic (exact) mass is 337 g/mol. The van der Waals surface area contributed by atoms with Gasteiger partial charge in [0.1, 0.15) is 18.3 Å². The molecule has 0 spiro atoms. The number of nitrogens with one attached hydrogen (secondary N) is 1. The van der Waals surface area contributed by atoms with Crippen LogP contribution in [0.1, 0.15) is 11.1 Å². The summed E-state index contributed by atoms with van der Waals surface area (Å²) in [6.45, 7) is 1.20. The van der Waals surface area contributed by atoms with Gasteiger partial charge in [0.25, 0.3) is 0 Å². The molecule has 3 aromatic rings. The molecule has 0 aliphatic carbocycles. The molecule has 4 rings (SSSR count). The summed E-state index contributed by atoms with van der Waals surface area (Å²) in [5.41, 5.74) is 3.11. The number of nitrogens with zero attached hydrogens (tertiary/aromatic N) is 4. The second kappa shape index (κ2) is 6.35. The Morgan fingerprint density at radius 1 is 1.16 bits per heavy atom. The van der Waals surface area contributed by atoms with Crippen molar-refractivity contribution in [1.82, 2.24) is 19.7 Å². The predicted molar refractivity (Wildman–Crippen MR) is 90.9 cm³/mol. The van der Waals surface area contributed by atoms with E-state index >= 15 is 0 Å². The normalized spacial score (nSPS) is 13.4. The Hall–Kier alpha value is -3.22. The van der Waals surface area contributed by atoms with Gasteiger partial charge in [-0.1, -0.05) is 24.3 Å². The molecule has 1 aliphatic heterocycles. The zero-order valence-electron chi connectivity index (χ0n) is 13.4. The second-order valence-electron chi connectivity index (χ2n) is 5.88. The molecule has 2 amide bonds. The lowest BCUT2D eigenvalue weighted by atomic mass is 10.0. The molecule has 2 aromatic carbocycles. The van der Waals surface area contributed by atoms with Crippen LogP contribution in [0.3, 0.4) is 0 Å². The highest BCUT2D eigenvalue weighted by molar-refractivity contribution is 5.89. The van der Waals surface area contributed by atoms with Crippen LogP contribution in [0, 0.1) is 5.82 Å². The van der Waals surface area contributed by atoms with E-state index in [-0.39, 0.29) is 11.7 Å². The molecular weight excluding hydrogens is 321 g/mol. The van der Waals surface area contributed by atoms with E-state index in [4.69, 9.17) is 0 Å². The number of anilines is 1. The van der Waals surface area contributed by atoms with Gasteiger partial charge in [-0.2, -0.15) is 5.10 Å². The van der Waals surface area contributed by atoms with Crippen LogP contribution in [0.25, 0.3) is 5.69 Å². The third kappa shape index (κ3) is 3.08. The Morgan fingerprint density at radius 2 is 2.00 bits per heavy atom. The number of hydrogen-bond donors (Lipinski definition) is 1. The van der Waals surface area contributed by atoms with Gasteiger partial charge in [-0.05, 0) is 35.7 Å². The summed E-state index contributed by atoms with van der Waals surface area (Å²) >= 11 is 0. The van der Waals surface area contributed by atoms with E-state index in [0.717, 1.165) is 12.0 Å². The molecule has 0 radical (unpaired) electrons. The molecule has 0 saturated carbocycles. The molecule has 7 heteroatoms. The maximum atomic E-state index is 14.2. The molecular formula is C18H16FN5O. The van der Waals surface area contributed by atoms with Crippen LogP contribution < -0.4 is 5.32 Å². The smallest absolute Gasteiger partial charge is 0.320 e. The fourth-order valence-corrected chi connectivity index (χ4v) is 2.97. The van der Waals surface area contributed by atoms with E-state index < -0.39 is 5.82 Å². The van der Waals surface area contributed by atoms with Crippen molar-refractivity contribution in [2.75, 3.05) is 11.9 Å². The third-order valence-corrected chi connectivity index (χ3v) is 4.28. The van der Waals surface area contributed by atoms with E-state index in [0.29, 0.717) is 18.8 Å². The number of carbonyl (C=O) groups excluding carboxylic acids is 1. The number of hydrogen-bond acceptors (Lipinski definition) is 3. The summed E-state index contributed by atoms with van der Waals surface area (Å²) in [6, 6.07) is 12.4. The SMILES string of the molecule is O=C(Nc1ccc(-n2cncn2)c(F)c1)N1CCc2ccccc2C1. The third-order valence-electron chi connectivity index (χ3n) is 4.28. The quantitative estimate of drug-likeness (QED) is 0.782. The summed E-state index contributed by atoms with van der Waals surface area (Å²) in [6.07, 6.45) is 3.58. The maximum absolute atomic E-state index is 14.2. The average Bonchev–Trinajstić information content (AvgIpc) is 3.15. The number of fused-ring (bicyclic) bond motifs is 1. The zero-order chi connectivity index (χ0) is 17.2. The summed E-state index contributed by atoms with van der Waals surface area (Å²) in [7, 11) is 0. The summed E-state index contributed by atoms with van der Waals surface area (Å²) in [4.78, 5) is 18.0. The van der Waals surface area contributed by atoms with E-state index in [1.54, 1.807) is 17.0 Å². The summed E-state index contributed by atoms with van der Waals surface area (Å²) < 4.78 is 15.6. The highest BCUT2D eigenvalue weighted by atomic mass is 19.1. The fraction of sp³-hybridized carbons (Fsp3) is 0.167. The number of carbonyl (C=O) groups is 1. The minimum atomic E-state index is -0.479. The minimum absolute atomic E-state index is 0.234. The minimum Gasteiger partial charge on any atom is -0.320 e. The van der Waals surface area contributed by atoms with Gasteiger partial charge in [-0.25, -0.2) is 18.9 Å². The molecule has 0 saturated heterocycles. The van der Waals surface area contributed by atoms with Crippen molar-refractivity contribution >= 4 is 11.7 Å². The molecule has 1 N–H and O–H groups in total. The van der Waals surface area contributed by atoms with E-state index in [2.05, 4.69) is 21.5 Å². The van der Waals surface area contributed by atoms with Crippen LogP contribution >= 0.6 is 0 Å². The number of rotatable bonds is 2. The molecule has 126 valence electrons. The zero-order valence-corrected chi connectivity index (χ0v) is 13.4. The van der Waals surface area contributed by atoms with Gasteiger partial charge in [0, 0.05) is 18.8 Å². The highest BCUT2D eigenvalue weighted by Crippen LogP contribution is 2.21. The maximum Gasteiger partial charge on any atom is 0.322 e. The summed E-state index contributed by atoms with van der Waals surface area (Å²) in [5, 5.41) is 6.66. The van der Waals surface area contributed by atoms with Gasteiger partial charge >= 0.3 is 6.03 Å². The van der Waals surface area contributed by atoms with Crippen LogP contribution in [0.2, 0.25) is 0 Å². The molecule has 0 atom stereocenters. The number of benzene rings is 2. The van der Waals surface area contributed by atoms with Crippen LogP contribution in [0.4, 0.5) is 14.9 Å². The Kier molecular flexibility index (Phi) is 3.89. The fourth-order valence-electron chi connectivity index (χ4n) is 2.97. The molecule has 0 bridgehead atoms. The van der Waals surface area contributed by atoms with Crippen LogP contribution in [-0.4, -0.2) is 32.2 Å². The first-order valence-corrected chi connectivity index (χ1v) is 7.98. The van der Waals surface area contributed by atoms with Crippen molar-refractivity contribution in [1.29, 1.82) is 0 Å². The van der Waals surface area contributed by atoms with Gasteiger partial charge in [-0.15, -0.1) is 0 Å². The van der Waals surface area contributed by atoms with Crippen molar-refractivity contribution in [2.45, 2.75) is 13.0 Å². The van der Waals surface area contributed by atoms with Crippen LogP contribution in [0.15, 0.2) is 55.1 Å². The van der Waals surface area contributed by atoms with E-state index in [1.165, 1.54) is 29.0 Å². The standard InChI is InChI=1S/C18H16FN5O/c19-16-9-15(5-6-17(16)24-12-20-11-21-24)22-18(25)23-8-7-13-3-1-2-4-14(13)10-23/h1-6,9,11-12H,7-8,10H2,(H,22,25). The first kappa shape index (κ1) is 15.3. The van der Waals surface area contributed by atoms with Crippen LogP contribution in [-0.2, 0) is 13.0 Å². The first-order valence-electron chi connectivity index (χ1n) is 7.98. The van der Waals surface area contributed by atoms with Gasteiger partial charge < -0.3 is 10.2 Å². The Bertz CT molecular complexity index is 910. The number of amides is 2. The van der Waals surface area contributed by atoms with E-state index in [9.17, 15) is 9.18 Å². The lowest BCUT2D eigenvalue weighted by molar-refractivity contribution is 0.206. The van der Waals surface area contributed by atoms with Crippen molar-refractivity contribution in [3.63, 3.8) is 0 Å². The average molecular weight is 337 g/mol. The molecule has 1 aromatic heterocycles. The number of aromatic nitrogens is 3. The molecule has 6 nitrogen and oxygen atoms in total. The van der Waals surface area contributed by atoms with Crippen molar-refractivity contribution < 1.29 is 9.18 Å². The Balaban J connectivity index is 1.47. The topological polar surface area (TPSA) is 63.1 Å². The van der Waals surface area contributed by atoms with Crippen molar-refractivity contribution in [3.05, 3.63) is 72.1 Å².